The first kappa shape index (κ1) is 12.1. The first-order valence-electron chi connectivity index (χ1n) is 5.12. The van der Waals surface area contributed by atoms with Crippen molar-refractivity contribution < 1.29 is 0 Å². The zero-order valence-electron chi connectivity index (χ0n) is 9.06. The second-order valence-electron chi connectivity index (χ2n) is 3.78. The Hall–Kier alpha value is -0.400. The van der Waals surface area contributed by atoms with Gasteiger partial charge in [-0.25, -0.2) is 4.98 Å². The molecule has 86 valence electrons. The summed E-state index contributed by atoms with van der Waals surface area (Å²) in [7, 11) is 2.02. The summed E-state index contributed by atoms with van der Waals surface area (Å²) in [5.74, 6) is 1.10. The van der Waals surface area contributed by atoms with Gasteiger partial charge in [-0.2, -0.15) is 0 Å². The van der Waals surface area contributed by atoms with E-state index in [1.54, 1.807) is 11.3 Å². The summed E-state index contributed by atoms with van der Waals surface area (Å²) < 4.78 is 3.34. The number of hydrogen-bond donors (Lipinski definition) is 1. The lowest BCUT2D eigenvalue weighted by Crippen LogP contribution is -2.11. The molecule has 0 aliphatic heterocycles. The second kappa shape index (κ2) is 5.29. The molecular formula is C11H14IN3S. The van der Waals surface area contributed by atoms with Gasteiger partial charge < -0.3 is 10.3 Å². The van der Waals surface area contributed by atoms with Gasteiger partial charge in [-0.3, -0.25) is 0 Å². The molecule has 0 spiro atoms. The summed E-state index contributed by atoms with van der Waals surface area (Å²) >= 11 is 4.07. The third-order valence-corrected chi connectivity index (χ3v) is 4.42. The number of thiophene rings is 1. The summed E-state index contributed by atoms with van der Waals surface area (Å²) in [5, 5.41) is 2.14. The van der Waals surface area contributed by atoms with Gasteiger partial charge in [0.15, 0.2) is 0 Å². The lowest BCUT2D eigenvalue weighted by molar-refractivity contribution is 0.622. The van der Waals surface area contributed by atoms with Gasteiger partial charge in [0.05, 0.1) is 2.88 Å². The first-order chi connectivity index (χ1) is 7.66. The van der Waals surface area contributed by atoms with Gasteiger partial charge in [-0.1, -0.05) is 0 Å². The van der Waals surface area contributed by atoms with Crippen molar-refractivity contribution in [3.8, 4) is 0 Å². The fourth-order valence-corrected chi connectivity index (χ4v) is 3.04. The zero-order chi connectivity index (χ0) is 11.5. The van der Waals surface area contributed by atoms with E-state index < -0.39 is 0 Å². The molecule has 3 nitrogen and oxygen atoms in total. The number of halogens is 1. The Kier molecular flexibility index (Phi) is 3.99. The number of aromatic nitrogens is 2. The van der Waals surface area contributed by atoms with Crippen LogP contribution in [0.15, 0.2) is 23.8 Å². The number of hydrogen-bond acceptors (Lipinski definition) is 3. The molecule has 2 rings (SSSR count). The summed E-state index contributed by atoms with van der Waals surface area (Å²) in [6, 6.07) is 2.28. The van der Waals surface area contributed by atoms with Crippen LogP contribution >= 0.6 is 33.9 Å². The smallest absolute Gasteiger partial charge is 0.108 e. The van der Waals surface area contributed by atoms with E-state index in [4.69, 9.17) is 5.73 Å². The van der Waals surface area contributed by atoms with E-state index in [9.17, 15) is 0 Å². The number of imidazole rings is 1. The largest absolute Gasteiger partial charge is 0.338 e. The number of nitrogens with zero attached hydrogens (tertiary/aromatic N) is 2. The van der Waals surface area contributed by atoms with Crippen LogP contribution in [0, 0.1) is 2.88 Å². The van der Waals surface area contributed by atoms with Crippen LogP contribution in [0.2, 0.25) is 0 Å². The third kappa shape index (κ3) is 2.83. The molecule has 0 amide bonds. The predicted octanol–water partition coefficient (Wildman–Crippen LogP) is 2.72. The van der Waals surface area contributed by atoms with E-state index in [0.717, 1.165) is 18.7 Å². The monoisotopic (exact) mass is 347 g/mol. The molecule has 16 heavy (non-hydrogen) atoms. The van der Waals surface area contributed by atoms with Gasteiger partial charge in [-0.05, 0) is 46.0 Å². The number of rotatable bonds is 4. The Morgan fingerprint density at radius 1 is 1.62 bits per heavy atom. The van der Waals surface area contributed by atoms with Gasteiger partial charge >= 0.3 is 0 Å². The Morgan fingerprint density at radius 2 is 2.44 bits per heavy atom. The SMILES string of the molecule is Cn1ccnc1CCC(N)c1csc(I)c1. The molecule has 0 fully saturated rings. The van der Waals surface area contributed by atoms with Crippen molar-refractivity contribution in [3.63, 3.8) is 0 Å². The van der Waals surface area contributed by atoms with E-state index in [-0.39, 0.29) is 6.04 Å². The summed E-state index contributed by atoms with van der Waals surface area (Å²) in [5.41, 5.74) is 7.38. The molecule has 0 radical (unpaired) electrons. The molecule has 0 aromatic carbocycles. The molecule has 2 aromatic heterocycles. The molecule has 0 bridgehead atoms. The topological polar surface area (TPSA) is 43.8 Å². The minimum Gasteiger partial charge on any atom is -0.338 e. The fourth-order valence-electron chi connectivity index (χ4n) is 1.61. The van der Waals surface area contributed by atoms with Crippen molar-refractivity contribution >= 4 is 33.9 Å². The normalized spacial score (nSPS) is 12.9. The Balaban J connectivity index is 1.93. The highest BCUT2D eigenvalue weighted by Crippen LogP contribution is 2.23. The highest BCUT2D eigenvalue weighted by Gasteiger charge is 2.09. The average Bonchev–Trinajstić information content (AvgIpc) is 2.84. The van der Waals surface area contributed by atoms with Crippen LogP contribution in [0.4, 0.5) is 0 Å². The van der Waals surface area contributed by atoms with Crippen molar-refractivity contribution in [2.75, 3.05) is 0 Å². The Bertz CT molecular complexity index is 463. The molecule has 2 N–H and O–H groups in total. The van der Waals surface area contributed by atoms with E-state index in [0.29, 0.717) is 0 Å². The molecule has 2 aromatic rings. The Morgan fingerprint density at radius 3 is 3.00 bits per heavy atom. The van der Waals surface area contributed by atoms with Crippen molar-refractivity contribution in [3.05, 3.63) is 38.1 Å². The van der Waals surface area contributed by atoms with E-state index in [1.165, 1.54) is 8.45 Å². The molecular weight excluding hydrogens is 333 g/mol. The minimum atomic E-state index is 0.122. The fraction of sp³-hybridized carbons (Fsp3) is 0.364. The Labute approximate surface area is 113 Å². The highest BCUT2D eigenvalue weighted by molar-refractivity contribution is 14.1. The lowest BCUT2D eigenvalue weighted by Gasteiger charge is -2.09. The van der Waals surface area contributed by atoms with Gasteiger partial charge in [0.2, 0.25) is 0 Å². The van der Waals surface area contributed by atoms with Crippen molar-refractivity contribution in [2.45, 2.75) is 18.9 Å². The molecule has 1 unspecified atom stereocenters. The van der Waals surface area contributed by atoms with Gasteiger partial charge in [0.1, 0.15) is 5.82 Å². The van der Waals surface area contributed by atoms with Gasteiger partial charge in [0.25, 0.3) is 0 Å². The molecule has 0 aliphatic rings. The molecule has 1 atom stereocenters. The van der Waals surface area contributed by atoms with Crippen LogP contribution < -0.4 is 5.73 Å². The van der Waals surface area contributed by atoms with Crippen LogP contribution in [0.5, 0.6) is 0 Å². The van der Waals surface area contributed by atoms with Crippen LogP contribution in [0.3, 0.4) is 0 Å². The molecule has 2 heterocycles. The lowest BCUT2D eigenvalue weighted by atomic mass is 10.1. The maximum absolute atomic E-state index is 6.14. The van der Waals surface area contributed by atoms with Crippen molar-refractivity contribution in [1.82, 2.24) is 9.55 Å². The van der Waals surface area contributed by atoms with E-state index in [1.807, 2.05) is 24.0 Å². The van der Waals surface area contributed by atoms with Crippen LogP contribution in [0.25, 0.3) is 0 Å². The maximum Gasteiger partial charge on any atom is 0.108 e. The van der Waals surface area contributed by atoms with E-state index in [2.05, 4.69) is 39.0 Å². The number of aryl methyl sites for hydroxylation is 2. The molecule has 0 aliphatic carbocycles. The summed E-state index contributed by atoms with van der Waals surface area (Å²) in [4.78, 5) is 4.30. The van der Waals surface area contributed by atoms with Crippen LogP contribution in [0.1, 0.15) is 23.9 Å². The van der Waals surface area contributed by atoms with Crippen molar-refractivity contribution in [2.24, 2.45) is 12.8 Å². The summed E-state index contributed by atoms with van der Waals surface area (Å²) in [6.45, 7) is 0. The van der Waals surface area contributed by atoms with Crippen molar-refractivity contribution in [1.29, 1.82) is 0 Å². The highest BCUT2D eigenvalue weighted by atomic mass is 127. The summed E-state index contributed by atoms with van der Waals surface area (Å²) in [6.07, 6.45) is 5.66. The minimum absolute atomic E-state index is 0.122. The standard InChI is InChI=1S/C11H14IN3S/c1-15-5-4-14-11(15)3-2-9(13)8-6-10(12)16-7-8/h4-7,9H,2-3,13H2,1H3. The quantitative estimate of drug-likeness (QED) is 0.865. The molecule has 5 heteroatoms. The zero-order valence-corrected chi connectivity index (χ0v) is 12.0. The van der Waals surface area contributed by atoms with E-state index >= 15 is 0 Å². The average molecular weight is 347 g/mol. The second-order valence-corrected chi connectivity index (χ2v) is 6.59. The molecule has 0 saturated carbocycles. The first-order valence-corrected chi connectivity index (χ1v) is 7.08. The number of nitrogens with two attached hydrogens (primary N) is 1. The van der Waals surface area contributed by atoms with Crippen LogP contribution in [-0.2, 0) is 13.5 Å². The maximum atomic E-state index is 6.14. The van der Waals surface area contributed by atoms with Gasteiger partial charge in [-0.15, -0.1) is 11.3 Å². The van der Waals surface area contributed by atoms with Crippen LogP contribution in [-0.4, -0.2) is 9.55 Å². The molecule has 0 saturated heterocycles. The van der Waals surface area contributed by atoms with Gasteiger partial charge in [0, 0.05) is 31.9 Å². The predicted molar refractivity (Wildman–Crippen MR) is 75.5 cm³/mol. The third-order valence-electron chi connectivity index (χ3n) is 2.62.